The first-order valence-electron chi connectivity index (χ1n) is 9.31. The van der Waals surface area contributed by atoms with Gasteiger partial charge in [0, 0.05) is 13.2 Å². The number of β-lactam (4-membered cyclic amide) rings is 1. The number of carbonyl (C=O) groups excluding carboxylic acids is 2. The number of aliphatic carboxylic acids is 1. The summed E-state index contributed by atoms with van der Waals surface area (Å²) in [5, 5.41) is 21.9. The van der Waals surface area contributed by atoms with E-state index < -0.39 is 24.1 Å². The number of carboxylic acids is 1. The van der Waals surface area contributed by atoms with E-state index in [2.05, 4.69) is 10.3 Å². The molecule has 10 nitrogen and oxygen atoms in total. The lowest BCUT2D eigenvalue weighted by atomic mass is 9.82. The smallest absolute Gasteiger partial charge is 0.418 e. The lowest BCUT2D eigenvalue weighted by molar-refractivity contribution is -0.161. The number of rotatable bonds is 5. The number of nitrogens with zero attached hydrogens (tertiary/aromatic N) is 3. The summed E-state index contributed by atoms with van der Waals surface area (Å²) in [6.07, 6.45) is 1.94. The third-order valence-corrected chi connectivity index (χ3v) is 5.28. The van der Waals surface area contributed by atoms with Gasteiger partial charge in [-0.3, -0.25) is 10.1 Å². The lowest BCUT2D eigenvalue weighted by Crippen LogP contribution is -2.61. The number of benzene rings is 1. The van der Waals surface area contributed by atoms with Gasteiger partial charge in [-0.15, -0.1) is 0 Å². The second-order valence-electron chi connectivity index (χ2n) is 7.34. The summed E-state index contributed by atoms with van der Waals surface area (Å²) in [6.45, 7) is 1.53. The number of nitrogens with one attached hydrogen (secondary N) is 1. The number of hydrogen-bond acceptors (Lipinski definition) is 6. The first-order valence-corrected chi connectivity index (χ1v) is 9.31. The number of carboxylic acid groups (broad SMARTS) is 1. The number of aliphatic hydroxyl groups is 1. The van der Waals surface area contributed by atoms with Crippen LogP contribution in [0, 0.1) is 5.92 Å². The molecule has 2 aliphatic rings. The molecule has 1 fully saturated rings. The fourth-order valence-corrected chi connectivity index (χ4v) is 3.97. The summed E-state index contributed by atoms with van der Waals surface area (Å²) in [5.74, 6) is -1.56. The SMILES string of the molecule is C[C@@H](O)[C@H]1C(=O)N2C(C(=O)O)=C(c3ccc(OC(=O)Nc4cn(C)cn4)cc3)C[C@H]12. The Kier molecular flexibility index (Phi) is 4.78. The number of fused-ring (bicyclic) bond motifs is 1. The average Bonchev–Trinajstić information content (AvgIpc) is 3.23. The molecule has 3 heterocycles. The van der Waals surface area contributed by atoms with Gasteiger partial charge in [0.2, 0.25) is 5.91 Å². The van der Waals surface area contributed by atoms with Crippen molar-refractivity contribution in [1.82, 2.24) is 14.5 Å². The molecule has 30 heavy (non-hydrogen) atoms. The van der Waals surface area contributed by atoms with Crippen molar-refractivity contribution in [3.05, 3.63) is 48.1 Å². The van der Waals surface area contributed by atoms with Crippen molar-refractivity contribution in [2.75, 3.05) is 5.32 Å². The van der Waals surface area contributed by atoms with Crippen LogP contribution in [0.15, 0.2) is 42.5 Å². The standard InChI is InChI=1S/C20H20N4O6/c1-10(25)16-14-7-13(17(19(27)28)24(14)18(16)26)11-3-5-12(6-4-11)30-20(29)22-15-8-23(2)9-21-15/h3-6,8-10,14,16,25H,7H2,1-2H3,(H,22,29)(H,27,28)/t10-,14-,16-/m1/s1. The van der Waals surface area contributed by atoms with Crippen molar-refractivity contribution in [2.45, 2.75) is 25.5 Å². The molecule has 156 valence electrons. The van der Waals surface area contributed by atoms with Crippen LogP contribution in [0.4, 0.5) is 10.6 Å². The average molecular weight is 412 g/mol. The van der Waals surface area contributed by atoms with E-state index in [1.54, 1.807) is 42.1 Å². The Morgan fingerprint density at radius 2 is 2.00 bits per heavy atom. The topological polar surface area (TPSA) is 134 Å². The summed E-state index contributed by atoms with van der Waals surface area (Å²) in [5.41, 5.74) is 1.05. The molecule has 1 saturated heterocycles. The van der Waals surface area contributed by atoms with Gasteiger partial charge in [-0.1, -0.05) is 12.1 Å². The molecule has 10 heteroatoms. The molecule has 4 rings (SSSR count). The van der Waals surface area contributed by atoms with E-state index in [4.69, 9.17) is 4.74 Å². The predicted molar refractivity (Wildman–Crippen MR) is 104 cm³/mol. The first-order chi connectivity index (χ1) is 14.3. The van der Waals surface area contributed by atoms with Gasteiger partial charge >= 0.3 is 12.1 Å². The van der Waals surface area contributed by atoms with Crippen molar-refractivity contribution in [3.63, 3.8) is 0 Å². The van der Waals surface area contributed by atoms with Crippen LogP contribution < -0.4 is 10.1 Å². The van der Waals surface area contributed by atoms with E-state index in [1.807, 2.05) is 0 Å². The number of aliphatic hydroxyl groups excluding tert-OH is 1. The molecule has 1 aromatic heterocycles. The molecular weight excluding hydrogens is 392 g/mol. The summed E-state index contributed by atoms with van der Waals surface area (Å²) >= 11 is 0. The molecule has 0 radical (unpaired) electrons. The molecule has 3 N–H and O–H groups in total. The lowest BCUT2D eigenvalue weighted by Gasteiger charge is -2.44. The number of anilines is 1. The molecule has 1 aromatic carbocycles. The number of aryl methyl sites for hydroxylation is 1. The minimum atomic E-state index is -1.19. The van der Waals surface area contributed by atoms with Crippen LogP contribution in [-0.4, -0.2) is 54.8 Å². The van der Waals surface area contributed by atoms with Gasteiger partial charge in [0.1, 0.15) is 11.4 Å². The van der Waals surface area contributed by atoms with E-state index in [0.29, 0.717) is 23.4 Å². The maximum absolute atomic E-state index is 12.3. The highest BCUT2D eigenvalue weighted by atomic mass is 16.6. The molecule has 0 unspecified atom stereocenters. The Bertz CT molecular complexity index is 1060. The van der Waals surface area contributed by atoms with Crippen LogP contribution in [0.5, 0.6) is 5.75 Å². The highest BCUT2D eigenvalue weighted by Gasteiger charge is 2.56. The number of imidazole rings is 1. The number of aromatic nitrogens is 2. The molecule has 0 bridgehead atoms. The van der Waals surface area contributed by atoms with Crippen LogP contribution in [0.1, 0.15) is 18.9 Å². The van der Waals surface area contributed by atoms with E-state index >= 15 is 0 Å². The van der Waals surface area contributed by atoms with Crippen molar-refractivity contribution < 1.29 is 29.3 Å². The number of hydrogen-bond donors (Lipinski definition) is 3. The van der Waals surface area contributed by atoms with E-state index in [0.717, 1.165) is 0 Å². The number of ether oxygens (including phenoxy) is 1. The van der Waals surface area contributed by atoms with Crippen molar-refractivity contribution >= 4 is 29.4 Å². The molecule has 3 atom stereocenters. The minimum Gasteiger partial charge on any atom is -0.477 e. The van der Waals surface area contributed by atoms with E-state index in [-0.39, 0.29) is 23.4 Å². The second kappa shape index (κ2) is 7.30. The fourth-order valence-electron chi connectivity index (χ4n) is 3.97. The van der Waals surface area contributed by atoms with E-state index in [9.17, 15) is 24.6 Å². The second-order valence-corrected chi connectivity index (χ2v) is 7.34. The van der Waals surface area contributed by atoms with Gasteiger partial charge in [0.15, 0.2) is 5.82 Å². The maximum Gasteiger partial charge on any atom is 0.418 e. The summed E-state index contributed by atoms with van der Waals surface area (Å²) in [4.78, 5) is 41.3. The zero-order valence-electron chi connectivity index (χ0n) is 16.3. The van der Waals surface area contributed by atoms with Gasteiger partial charge in [-0.2, -0.15) is 0 Å². The van der Waals surface area contributed by atoms with Crippen molar-refractivity contribution in [1.29, 1.82) is 0 Å². The predicted octanol–water partition coefficient (Wildman–Crippen LogP) is 1.44. The highest BCUT2D eigenvalue weighted by Crippen LogP contribution is 2.47. The Morgan fingerprint density at radius 1 is 1.30 bits per heavy atom. The molecule has 2 aliphatic heterocycles. The Hall–Kier alpha value is -3.66. The van der Waals surface area contributed by atoms with Crippen LogP contribution in [0.2, 0.25) is 0 Å². The van der Waals surface area contributed by atoms with Crippen LogP contribution in [0.25, 0.3) is 5.57 Å². The maximum atomic E-state index is 12.3. The van der Waals surface area contributed by atoms with Gasteiger partial charge < -0.3 is 24.4 Å². The van der Waals surface area contributed by atoms with Gasteiger partial charge in [0.05, 0.1) is 24.4 Å². The van der Waals surface area contributed by atoms with Crippen LogP contribution in [-0.2, 0) is 16.6 Å². The Morgan fingerprint density at radius 3 is 2.57 bits per heavy atom. The van der Waals surface area contributed by atoms with Crippen LogP contribution >= 0.6 is 0 Å². The van der Waals surface area contributed by atoms with Crippen LogP contribution in [0.3, 0.4) is 0 Å². The summed E-state index contributed by atoms with van der Waals surface area (Å²) < 4.78 is 6.89. The molecule has 0 spiro atoms. The van der Waals surface area contributed by atoms with Gasteiger partial charge in [0.25, 0.3) is 0 Å². The van der Waals surface area contributed by atoms with Crippen molar-refractivity contribution in [3.8, 4) is 5.75 Å². The first kappa shape index (κ1) is 19.6. The third kappa shape index (κ3) is 3.30. The highest BCUT2D eigenvalue weighted by molar-refractivity contribution is 6.06. The van der Waals surface area contributed by atoms with Gasteiger partial charge in [-0.05, 0) is 36.6 Å². The third-order valence-electron chi connectivity index (χ3n) is 5.28. The Labute approximate surface area is 171 Å². The monoisotopic (exact) mass is 412 g/mol. The quantitative estimate of drug-likeness (QED) is 0.633. The minimum absolute atomic E-state index is 0.0662. The zero-order valence-corrected chi connectivity index (χ0v) is 16.3. The number of carbonyl (C=O) groups is 3. The Balaban J connectivity index is 1.50. The number of amides is 2. The zero-order chi connectivity index (χ0) is 21.6. The molecule has 2 amide bonds. The fraction of sp³-hybridized carbons (Fsp3) is 0.300. The summed E-state index contributed by atoms with van der Waals surface area (Å²) in [7, 11) is 1.77. The molecule has 0 aliphatic carbocycles. The van der Waals surface area contributed by atoms with Crippen molar-refractivity contribution in [2.24, 2.45) is 13.0 Å². The normalized spacial score (nSPS) is 21.2. The van der Waals surface area contributed by atoms with E-state index in [1.165, 1.54) is 18.2 Å². The summed E-state index contributed by atoms with van der Waals surface area (Å²) in [6, 6.07) is 6.00. The molecule has 0 saturated carbocycles. The molecule has 2 aromatic rings. The molecular formula is C20H20N4O6. The largest absolute Gasteiger partial charge is 0.477 e. The van der Waals surface area contributed by atoms with Gasteiger partial charge in [-0.25, -0.2) is 14.6 Å².